The summed E-state index contributed by atoms with van der Waals surface area (Å²) < 4.78 is 0. The van der Waals surface area contributed by atoms with Gasteiger partial charge in [0.05, 0.1) is 0 Å². The van der Waals surface area contributed by atoms with Gasteiger partial charge in [0, 0.05) is 30.0 Å². The summed E-state index contributed by atoms with van der Waals surface area (Å²) >= 11 is 1.99. The van der Waals surface area contributed by atoms with Crippen LogP contribution in [0.15, 0.2) is 36.4 Å². The van der Waals surface area contributed by atoms with Crippen molar-refractivity contribution < 1.29 is 0 Å². The minimum absolute atomic E-state index is 0.517. The van der Waals surface area contributed by atoms with Crippen LogP contribution in [0.25, 0.3) is 11.4 Å². The maximum absolute atomic E-state index is 4.68. The number of hydrogen-bond donors (Lipinski definition) is 2. The molecule has 0 amide bonds. The third-order valence-electron chi connectivity index (χ3n) is 3.40. The van der Waals surface area contributed by atoms with E-state index in [0.717, 1.165) is 35.3 Å². The van der Waals surface area contributed by atoms with Gasteiger partial charge in [-0.2, -0.15) is 11.8 Å². The normalized spacial score (nSPS) is 17.7. The van der Waals surface area contributed by atoms with Gasteiger partial charge < -0.3 is 10.6 Å². The van der Waals surface area contributed by atoms with Crippen LogP contribution in [0, 0.1) is 0 Å². The zero-order valence-electron chi connectivity index (χ0n) is 12.2. The molecule has 0 spiro atoms. The van der Waals surface area contributed by atoms with E-state index in [1.165, 1.54) is 12.2 Å². The second-order valence-corrected chi connectivity index (χ2v) is 6.21. The van der Waals surface area contributed by atoms with Crippen LogP contribution in [0.5, 0.6) is 0 Å². The van der Waals surface area contributed by atoms with Crippen molar-refractivity contribution in [3.63, 3.8) is 0 Å². The van der Waals surface area contributed by atoms with Crippen molar-refractivity contribution in [2.45, 2.75) is 19.4 Å². The van der Waals surface area contributed by atoms with E-state index in [9.17, 15) is 0 Å². The lowest BCUT2D eigenvalue weighted by atomic mass is 10.2. The predicted octanol–water partition coefficient (Wildman–Crippen LogP) is 3.49. The lowest BCUT2D eigenvalue weighted by Crippen LogP contribution is -2.19. The van der Waals surface area contributed by atoms with Gasteiger partial charge in [0.1, 0.15) is 11.6 Å². The highest BCUT2D eigenvalue weighted by Gasteiger charge is 2.16. The predicted molar refractivity (Wildman–Crippen MR) is 91.0 cm³/mol. The summed E-state index contributed by atoms with van der Waals surface area (Å²) in [5, 5.41) is 6.82. The summed E-state index contributed by atoms with van der Waals surface area (Å²) in [5.41, 5.74) is 1.04. The Hall–Kier alpha value is -1.75. The molecule has 0 aliphatic carbocycles. The second-order valence-electron chi connectivity index (χ2n) is 5.06. The van der Waals surface area contributed by atoms with Crippen LogP contribution < -0.4 is 10.6 Å². The zero-order chi connectivity index (χ0) is 14.5. The van der Waals surface area contributed by atoms with Crippen LogP contribution in [0.1, 0.15) is 13.3 Å². The van der Waals surface area contributed by atoms with Gasteiger partial charge in [-0.1, -0.05) is 30.3 Å². The maximum Gasteiger partial charge on any atom is 0.163 e. The Morgan fingerprint density at radius 1 is 1.19 bits per heavy atom. The molecule has 21 heavy (non-hydrogen) atoms. The molecule has 0 bridgehead atoms. The van der Waals surface area contributed by atoms with Crippen LogP contribution in [0.4, 0.5) is 11.6 Å². The molecule has 1 aliphatic heterocycles. The van der Waals surface area contributed by atoms with E-state index in [1.807, 2.05) is 48.2 Å². The van der Waals surface area contributed by atoms with E-state index < -0.39 is 0 Å². The van der Waals surface area contributed by atoms with Gasteiger partial charge in [0.25, 0.3) is 0 Å². The molecule has 1 aromatic carbocycles. The van der Waals surface area contributed by atoms with E-state index in [-0.39, 0.29) is 0 Å². The average Bonchev–Trinajstić information content (AvgIpc) is 3.01. The number of benzene rings is 1. The summed E-state index contributed by atoms with van der Waals surface area (Å²) in [6.07, 6.45) is 1.20. The first-order valence-corrected chi connectivity index (χ1v) is 8.53. The molecule has 1 unspecified atom stereocenters. The summed E-state index contributed by atoms with van der Waals surface area (Å²) in [6.45, 7) is 2.93. The first kappa shape index (κ1) is 14.2. The molecule has 2 N–H and O–H groups in total. The van der Waals surface area contributed by atoms with Crippen molar-refractivity contribution in [1.82, 2.24) is 9.97 Å². The molecule has 0 radical (unpaired) electrons. The fourth-order valence-corrected chi connectivity index (χ4v) is 3.52. The number of anilines is 2. The highest BCUT2D eigenvalue weighted by Crippen LogP contribution is 2.24. The number of nitrogens with one attached hydrogen (secondary N) is 2. The molecular weight excluding hydrogens is 280 g/mol. The number of hydrogen-bond acceptors (Lipinski definition) is 5. The van der Waals surface area contributed by atoms with Crippen molar-refractivity contribution in [3.8, 4) is 11.4 Å². The monoisotopic (exact) mass is 300 g/mol. The van der Waals surface area contributed by atoms with Crippen LogP contribution in [-0.2, 0) is 0 Å². The van der Waals surface area contributed by atoms with E-state index in [2.05, 4.69) is 27.5 Å². The third-order valence-corrected chi connectivity index (χ3v) is 4.56. The first-order valence-electron chi connectivity index (χ1n) is 7.38. The Balaban J connectivity index is 1.89. The van der Waals surface area contributed by atoms with Crippen molar-refractivity contribution >= 4 is 23.4 Å². The molecule has 0 saturated carbocycles. The van der Waals surface area contributed by atoms with Gasteiger partial charge in [-0.05, 0) is 19.1 Å². The van der Waals surface area contributed by atoms with Gasteiger partial charge in [-0.15, -0.1) is 0 Å². The standard InChI is InChI=1S/C16H20N4S/c1-2-17-14-10-15(18-13-8-9-21-11-13)20-16(19-14)12-6-4-3-5-7-12/h3-7,10,13H,2,8-9,11H2,1H3,(H2,17,18,19,20). The Morgan fingerprint density at radius 3 is 2.71 bits per heavy atom. The van der Waals surface area contributed by atoms with Crippen molar-refractivity contribution in [1.29, 1.82) is 0 Å². The van der Waals surface area contributed by atoms with Gasteiger partial charge >= 0.3 is 0 Å². The zero-order valence-corrected chi connectivity index (χ0v) is 13.0. The number of rotatable bonds is 5. The van der Waals surface area contributed by atoms with Gasteiger partial charge in [-0.25, -0.2) is 9.97 Å². The topological polar surface area (TPSA) is 49.8 Å². The van der Waals surface area contributed by atoms with Crippen LogP contribution in [-0.4, -0.2) is 34.1 Å². The molecule has 1 atom stereocenters. The fourth-order valence-electron chi connectivity index (χ4n) is 2.37. The molecule has 5 heteroatoms. The summed E-state index contributed by atoms with van der Waals surface area (Å²) in [6, 6.07) is 12.6. The van der Waals surface area contributed by atoms with E-state index in [4.69, 9.17) is 0 Å². The molecule has 1 fully saturated rings. The van der Waals surface area contributed by atoms with Crippen LogP contribution in [0.3, 0.4) is 0 Å². The van der Waals surface area contributed by atoms with Crippen molar-refractivity contribution in [3.05, 3.63) is 36.4 Å². The fraction of sp³-hybridized carbons (Fsp3) is 0.375. The molecule has 2 heterocycles. The molecule has 1 aliphatic rings. The molecular formula is C16H20N4S. The summed E-state index contributed by atoms with van der Waals surface area (Å²) in [7, 11) is 0. The molecule has 3 rings (SSSR count). The van der Waals surface area contributed by atoms with E-state index in [1.54, 1.807) is 0 Å². The van der Waals surface area contributed by atoms with E-state index >= 15 is 0 Å². The van der Waals surface area contributed by atoms with Gasteiger partial charge in [0.2, 0.25) is 0 Å². The molecule has 1 saturated heterocycles. The Morgan fingerprint density at radius 2 is 2.00 bits per heavy atom. The van der Waals surface area contributed by atoms with Crippen LogP contribution in [0.2, 0.25) is 0 Å². The van der Waals surface area contributed by atoms with Crippen LogP contribution >= 0.6 is 11.8 Å². The lowest BCUT2D eigenvalue weighted by Gasteiger charge is -2.14. The first-order chi connectivity index (χ1) is 10.3. The second kappa shape index (κ2) is 6.80. The SMILES string of the molecule is CCNc1cc(NC2CCSC2)nc(-c2ccccc2)n1. The molecule has 4 nitrogen and oxygen atoms in total. The summed E-state index contributed by atoms with van der Waals surface area (Å²) in [5.74, 6) is 4.93. The average molecular weight is 300 g/mol. The minimum atomic E-state index is 0.517. The number of nitrogens with zero attached hydrogens (tertiary/aromatic N) is 2. The smallest absolute Gasteiger partial charge is 0.163 e. The Labute approximate surface area is 129 Å². The third kappa shape index (κ3) is 3.67. The summed E-state index contributed by atoms with van der Waals surface area (Å²) in [4.78, 5) is 9.28. The lowest BCUT2D eigenvalue weighted by molar-refractivity contribution is 0.806. The Bertz CT molecular complexity index is 582. The molecule has 2 aromatic rings. The minimum Gasteiger partial charge on any atom is -0.370 e. The maximum atomic E-state index is 4.68. The Kier molecular flexibility index (Phi) is 4.60. The largest absolute Gasteiger partial charge is 0.370 e. The molecule has 110 valence electrons. The molecule has 1 aromatic heterocycles. The highest BCUT2D eigenvalue weighted by molar-refractivity contribution is 7.99. The van der Waals surface area contributed by atoms with Crippen molar-refractivity contribution in [2.24, 2.45) is 0 Å². The van der Waals surface area contributed by atoms with Gasteiger partial charge in [0.15, 0.2) is 5.82 Å². The van der Waals surface area contributed by atoms with Crippen molar-refractivity contribution in [2.75, 3.05) is 28.7 Å². The highest BCUT2D eigenvalue weighted by atomic mass is 32.2. The number of aromatic nitrogens is 2. The quantitative estimate of drug-likeness (QED) is 0.885. The van der Waals surface area contributed by atoms with Gasteiger partial charge in [-0.3, -0.25) is 0 Å². The number of thioether (sulfide) groups is 1. The van der Waals surface area contributed by atoms with E-state index in [0.29, 0.717) is 6.04 Å².